The van der Waals surface area contributed by atoms with E-state index >= 15 is 0 Å². The van der Waals surface area contributed by atoms with E-state index in [1.54, 1.807) is 12.1 Å². The summed E-state index contributed by atoms with van der Waals surface area (Å²) in [5, 5.41) is 9.45. The molecule has 0 bridgehead atoms. The van der Waals surface area contributed by atoms with Crippen molar-refractivity contribution in [3.05, 3.63) is 34.3 Å². The summed E-state index contributed by atoms with van der Waals surface area (Å²) < 4.78 is 0. The van der Waals surface area contributed by atoms with Gasteiger partial charge in [0.2, 0.25) is 0 Å². The zero-order valence-electron chi connectivity index (χ0n) is 8.83. The van der Waals surface area contributed by atoms with Crippen molar-refractivity contribution in [3.63, 3.8) is 0 Å². The van der Waals surface area contributed by atoms with Gasteiger partial charge < -0.3 is 10.0 Å². The number of benzene rings is 1. The first-order valence-electron chi connectivity index (χ1n) is 4.67. The molecule has 0 spiro atoms. The molecule has 1 N–H and O–H groups in total. The van der Waals surface area contributed by atoms with Gasteiger partial charge >= 0.3 is 5.97 Å². The van der Waals surface area contributed by atoms with Crippen LogP contribution in [-0.2, 0) is 6.42 Å². The molecule has 0 aliphatic carbocycles. The van der Waals surface area contributed by atoms with E-state index in [0.29, 0.717) is 5.02 Å². The third kappa shape index (κ3) is 3.53. The first-order chi connectivity index (χ1) is 7.00. The van der Waals surface area contributed by atoms with E-state index in [1.165, 1.54) is 6.07 Å². The van der Waals surface area contributed by atoms with E-state index in [2.05, 4.69) is 0 Å². The Morgan fingerprint density at radius 1 is 1.47 bits per heavy atom. The summed E-state index contributed by atoms with van der Waals surface area (Å²) in [6.07, 6.45) is 0.757. The Hall–Kier alpha value is -1.06. The zero-order chi connectivity index (χ0) is 11.4. The normalized spacial score (nSPS) is 10.7. The number of carbonyl (C=O) groups is 1. The summed E-state index contributed by atoms with van der Waals surface area (Å²) in [5.74, 6) is -0.919. The summed E-state index contributed by atoms with van der Waals surface area (Å²) in [4.78, 5) is 12.8. The molecule has 1 aromatic carbocycles. The van der Waals surface area contributed by atoms with Crippen molar-refractivity contribution in [1.82, 2.24) is 4.90 Å². The van der Waals surface area contributed by atoms with Gasteiger partial charge in [0.05, 0.1) is 5.56 Å². The monoisotopic (exact) mass is 227 g/mol. The maximum atomic E-state index is 10.7. The molecule has 0 aliphatic heterocycles. The van der Waals surface area contributed by atoms with Crippen molar-refractivity contribution in [3.8, 4) is 0 Å². The molecule has 0 heterocycles. The van der Waals surface area contributed by atoms with Crippen LogP contribution in [0.5, 0.6) is 0 Å². The van der Waals surface area contributed by atoms with E-state index in [9.17, 15) is 4.79 Å². The molecule has 0 fully saturated rings. The first-order valence-corrected chi connectivity index (χ1v) is 5.05. The van der Waals surface area contributed by atoms with Crippen molar-refractivity contribution in [2.75, 3.05) is 20.6 Å². The van der Waals surface area contributed by atoms with Gasteiger partial charge in [-0.2, -0.15) is 0 Å². The molecule has 0 unspecified atom stereocenters. The van der Waals surface area contributed by atoms with Gasteiger partial charge in [0.1, 0.15) is 0 Å². The summed E-state index contributed by atoms with van der Waals surface area (Å²) >= 11 is 5.97. The van der Waals surface area contributed by atoms with Crippen molar-refractivity contribution in [2.45, 2.75) is 6.42 Å². The van der Waals surface area contributed by atoms with Crippen LogP contribution in [0.1, 0.15) is 15.9 Å². The van der Waals surface area contributed by atoms with E-state index < -0.39 is 5.97 Å². The van der Waals surface area contributed by atoms with E-state index in [1.807, 2.05) is 19.0 Å². The van der Waals surface area contributed by atoms with Gasteiger partial charge in [0, 0.05) is 11.6 Å². The maximum absolute atomic E-state index is 10.7. The molecule has 0 aliphatic rings. The maximum Gasteiger partial charge on any atom is 0.335 e. The van der Waals surface area contributed by atoms with Crippen molar-refractivity contribution >= 4 is 17.6 Å². The van der Waals surface area contributed by atoms with Crippen LogP contribution in [0, 0.1) is 0 Å². The van der Waals surface area contributed by atoms with Gasteiger partial charge in [-0.1, -0.05) is 11.6 Å². The standard InChI is InChI=1S/C11H14ClNO2/c1-13(2)6-5-8-7-9(11(14)15)3-4-10(8)12/h3-4,7H,5-6H2,1-2H3,(H,14,15). The second kappa shape index (κ2) is 5.14. The topological polar surface area (TPSA) is 40.5 Å². The number of likely N-dealkylation sites (N-methyl/N-ethyl adjacent to an activating group) is 1. The number of nitrogens with zero attached hydrogens (tertiary/aromatic N) is 1. The van der Waals surface area contributed by atoms with Gasteiger partial charge in [-0.3, -0.25) is 0 Å². The molecule has 1 aromatic rings. The molecule has 0 amide bonds. The van der Waals surface area contributed by atoms with E-state index in [0.717, 1.165) is 18.5 Å². The fourth-order valence-corrected chi connectivity index (χ4v) is 1.46. The lowest BCUT2D eigenvalue weighted by atomic mass is 10.1. The quantitative estimate of drug-likeness (QED) is 0.857. The molecule has 0 atom stereocenters. The Morgan fingerprint density at radius 2 is 2.13 bits per heavy atom. The highest BCUT2D eigenvalue weighted by Gasteiger charge is 2.07. The minimum atomic E-state index is -0.919. The van der Waals surface area contributed by atoms with Crippen LogP contribution in [-0.4, -0.2) is 36.6 Å². The summed E-state index contributed by atoms with van der Waals surface area (Å²) in [6.45, 7) is 0.850. The molecule has 3 nitrogen and oxygen atoms in total. The lowest BCUT2D eigenvalue weighted by Crippen LogP contribution is -2.15. The number of rotatable bonds is 4. The first kappa shape index (κ1) is 12.0. The highest BCUT2D eigenvalue weighted by Crippen LogP contribution is 2.18. The van der Waals surface area contributed by atoms with Gasteiger partial charge in [0.25, 0.3) is 0 Å². The van der Waals surface area contributed by atoms with Gasteiger partial charge in [-0.05, 0) is 44.3 Å². The zero-order valence-corrected chi connectivity index (χ0v) is 9.58. The van der Waals surface area contributed by atoms with Crippen LogP contribution in [0.3, 0.4) is 0 Å². The average molecular weight is 228 g/mol. The predicted octanol–water partition coefficient (Wildman–Crippen LogP) is 2.14. The molecular formula is C11H14ClNO2. The fraction of sp³-hybridized carbons (Fsp3) is 0.364. The molecule has 15 heavy (non-hydrogen) atoms. The molecule has 1 rings (SSSR count). The second-order valence-corrected chi connectivity index (χ2v) is 4.07. The SMILES string of the molecule is CN(C)CCc1cc(C(=O)O)ccc1Cl. The smallest absolute Gasteiger partial charge is 0.335 e. The molecule has 0 radical (unpaired) electrons. The minimum absolute atomic E-state index is 0.285. The van der Waals surface area contributed by atoms with Crippen LogP contribution < -0.4 is 0 Å². The van der Waals surface area contributed by atoms with Crippen LogP contribution in [0.25, 0.3) is 0 Å². The molecular weight excluding hydrogens is 214 g/mol. The number of hydrogen-bond acceptors (Lipinski definition) is 2. The number of carboxylic acid groups (broad SMARTS) is 1. The van der Waals surface area contributed by atoms with Crippen LogP contribution in [0.2, 0.25) is 5.02 Å². The van der Waals surface area contributed by atoms with Crippen molar-refractivity contribution in [1.29, 1.82) is 0 Å². The third-order valence-corrected chi connectivity index (χ3v) is 2.49. The molecule has 4 heteroatoms. The highest BCUT2D eigenvalue weighted by atomic mass is 35.5. The minimum Gasteiger partial charge on any atom is -0.478 e. The molecule has 0 saturated heterocycles. The predicted molar refractivity (Wildman–Crippen MR) is 60.7 cm³/mol. The van der Waals surface area contributed by atoms with Crippen LogP contribution in [0.4, 0.5) is 0 Å². The fourth-order valence-electron chi connectivity index (χ4n) is 1.24. The second-order valence-electron chi connectivity index (χ2n) is 3.66. The Morgan fingerprint density at radius 3 is 2.67 bits per heavy atom. The lowest BCUT2D eigenvalue weighted by molar-refractivity contribution is 0.0697. The average Bonchev–Trinajstić information content (AvgIpc) is 2.16. The van der Waals surface area contributed by atoms with E-state index in [-0.39, 0.29) is 5.56 Å². The molecule has 0 aromatic heterocycles. The van der Waals surface area contributed by atoms with Crippen molar-refractivity contribution in [2.24, 2.45) is 0 Å². The van der Waals surface area contributed by atoms with Crippen molar-refractivity contribution < 1.29 is 9.90 Å². The van der Waals surface area contributed by atoms with Gasteiger partial charge in [-0.25, -0.2) is 4.79 Å². The Balaban J connectivity index is 2.85. The van der Waals surface area contributed by atoms with Gasteiger partial charge in [0.15, 0.2) is 0 Å². The Bertz CT molecular complexity index is 364. The Kier molecular flexibility index (Phi) is 4.12. The summed E-state index contributed by atoms with van der Waals surface area (Å²) in [6, 6.07) is 4.79. The van der Waals surface area contributed by atoms with Crippen LogP contribution >= 0.6 is 11.6 Å². The highest BCUT2D eigenvalue weighted by molar-refractivity contribution is 6.31. The van der Waals surface area contributed by atoms with E-state index in [4.69, 9.17) is 16.7 Å². The summed E-state index contributed by atoms with van der Waals surface area (Å²) in [5.41, 5.74) is 1.17. The third-order valence-electron chi connectivity index (χ3n) is 2.12. The number of carboxylic acids is 1. The van der Waals surface area contributed by atoms with Crippen LogP contribution in [0.15, 0.2) is 18.2 Å². The number of halogens is 1. The number of hydrogen-bond donors (Lipinski definition) is 1. The van der Waals surface area contributed by atoms with Gasteiger partial charge in [-0.15, -0.1) is 0 Å². The largest absolute Gasteiger partial charge is 0.478 e. The number of aromatic carboxylic acids is 1. The Labute approximate surface area is 94.3 Å². The summed E-state index contributed by atoms with van der Waals surface area (Å²) in [7, 11) is 3.93. The lowest BCUT2D eigenvalue weighted by Gasteiger charge is -2.10. The molecule has 82 valence electrons. The molecule has 0 saturated carbocycles.